The molecule has 2 rings (SSSR count). The molecule has 0 aliphatic rings. The van der Waals surface area contributed by atoms with E-state index in [9.17, 15) is 5.11 Å². The summed E-state index contributed by atoms with van der Waals surface area (Å²) in [6.07, 6.45) is 1.35. The van der Waals surface area contributed by atoms with Crippen molar-refractivity contribution < 1.29 is 9.84 Å². The molecule has 1 aromatic carbocycles. The molecule has 0 saturated heterocycles. The molecule has 0 amide bonds. The molecule has 2 N–H and O–H groups in total. The lowest BCUT2D eigenvalue weighted by molar-refractivity contribution is 0.159. The molecular weight excluding hydrogens is 252 g/mol. The van der Waals surface area contributed by atoms with Gasteiger partial charge in [-0.15, -0.1) is 0 Å². The van der Waals surface area contributed by atoms with E-state index in [1.165, 1.54) is 0 Å². The van der Waals surface area contributed by atoms with Gasteiger partial charge in [0.25, 0.3) is 0 Å². The predicted octanol–water partition coefficient (Wildman–Crippen LogP) is 2.49. The second-order valence-corrected chi connectivity index (χ2v) is 4.86. The van der Waals surface area contributed by atoms with Crippen molar-refractivity contribution in [3.05, 3.63) is 36.0 Å². The molecule has 0 fully saturated rings. The Morgan fingerprint density at radius 2 is 2.15 bits per heavy atom. The number of nitrogens with zero attached hydrogens (tertiary/aromatic N) is 1. The van der Waals surface area contributed by atoms with E-state index < -0.39 is 0 Å². The summed E-state index contributed by atoms with van der Waals surface area (Å²) in [5.41, 5.74) is 1.87. The third-order valence-electron chi connectivity index (χ3n) is 3.39. The molecule has 1 unspecified atom stereocenters. The summed E-state index contributed by atoms with van der Waals surface area (Å²) in [4.78, 5) is 4.63. The standard InChI is InChI=1S/C16H22N2O2/c1-3-14(19)9-10-17-11-13-8-7-12-5-4-6-15(20-2)16(12)18-13/h4-8,14,17,19H,3,9-11H2,1-2H3. The number of nitrogens with one attached hydrogen (secondary N) is 1. The Kier molecular flexibility index (Phi) is 5.32. The van der Waals surface area contributed by atoms with Gasteiger partial charge in [-0.1, -0.05) is 25.1 Å². The highest BCUT2D eigenvalue weighted by Gasteiger charge is 2.04. The van der Waals surface area contributed by atoms with Crippen molar-refractivity contribution in [1.82, 2.24) is 10.3 Å². The van der Waals surface area contributed by atoms with Gasteiger partial charge in [0.1, 0.15) is 11.3 Å². The van der Waals surface area contributed by atoms with E-state index in [1.807, 2.05) is 31.2 Å². The molecule has 0 spiro atoms. The van der Waals surface area contributed by atoms with E-state index in [-0.39, 0.29) is 6.10 Å². The number of benzene rings is 1. The monoisotopic (exact) mass is 274 g/mol. The van der Waals surface area contributed by atoms with Gasteiger partial charge in [0.05, 0.1) is 18.9 Å². The Morgan fingerprint density at radius 3 is 2.90 bits per heavy atom. The van der Waals surface area contributed by atoms with E-state index in [4.69, 9.17) is 4.74 Å². The minimum atomic E-state index is -0.216. The summed E-state index contributed by atoms with van der Waals surface area (Å²) in [5.74, 6) is 0.797. The lowest BCUT2D eigenvalue weighted by atomic mass is 10.2. The van der Waals surface area contributed by atoms with Crippen LogP contribution in [0.5, 0.6) is 5.75 Å². The lowest BCUT2D eigenvalue weighted by Crippen LogP contribution is -2.20. The second-order valence-electron chi connectivity index (χ2n) is 4.86. The van der Waals surface area contributed by atoms with Crippen molar-refractivity contribution in [3.8, 4) is 5.75 Å². The van der Waals surface area contributed by atoms with E-state index in [1.54, 1.807) is 7.11 Å². The SMILES string of the molecule is CCC(O)CCNCc1ccc2cccc(OC)c2n1. The molecule has 0 aliphatic carbocycles. The largest absolute Gasteiger partial charge is 0.494 e. The Morgan fingerprint density at radius 1 is 1.30 bits per heavy atom. The Labute approximate surface area is 119 Å². The zero-order valence-electron chi connectivity index (χ0n) is 12.1. The molecule has 4 heteroatoms. The van der Waals surface area contributed by atoms with E-state index in [0.717, 1.165) is 41.7 Å². The maximum Gasteiger partial charge on any atom is 0.145 e. The fourth-order valence-electron chi connectivity index (χ4n) is 2.11. The highest BCUT2D eigenvalue weighted by atomic mass is 16.5. The van der Waals surface area contributed by atoms with Gasteiger partial charge in [-0.25, -0.2) is 4.98 Å². The summed E-state index contributed by atoms with van der Waals surface area (Å²) in [6, 6.07) is 9.99. The van der Waals surface area contributed by atoms with Crippen LogP contribution in [0.3, 0.4) is 0 Å². The van der Waals surface area contributed by atoms with Gasteiger partial charge in [0.2, 0.25) is 0 Å². The molecule has 1 atom stereocenters. The number of hydrogen-bond donors (Lipinski definition) is 2. The average Bonchev–Trinajstić information content (AvgIpc) is 2.50. The zero-order valence-corrected chi connectivity index (χ0v) is 12.1. The fourth-order valence-corrected chi connectivity index (χ4v) is 2.11. The molecule has 1 aromatic heterocycles. The van der Waals surface area contributed by atoms with E-state index >= 15 is 0 Å². The smallest absolute Gasteiger partial charge is 0.145 e. The third-order valence-corrected chi connectivity index (χ3v) is 3.39. The average molecular weight is 274 g/mol. The highest BCUT2D eigenvalue weighted by Crippen LogP contribution is 2.23. The Balaban J connectivity index is 2.00. The number of para-hydroxylation sites is 1. The van der Waals surface area contributed by atoms with Crippen LogP contribution in [0.25, 0.3) is 10.9 Å². The predicted molar refractivity (Wildman–Crippen MR) is 80.9 cm³/mol. The third kappa shape index (κ3) is 3.68. The van der Waals surface area contributed by atoms with Crippen molar-refractivity contribution >= 4 is 10.9 Å². The first-order valence-corrected chi connectivity index (χ1v) is 7.06. The number of aliphatic hydroxyl groups excluding tert-OH is 1. The number of aromatic nitrogens is 1. The van der Waals surface area contributed by atoms with E-state index in [2.05, 4.69) is 16.4 Å². The van der Waals surface area contributed by atoms with Crippen LogP contribution in [0.4, 0.5) is 0 Å². The maximum absolute atomic E-state index is 9.49. The quantitative estimate of drug-likeness (QED) is 0.762. The van der Waals surface area contributed by atoms with Gasteiger partial charge in [0.15, 0.2) is 0 Å². The molecule has 108 valence electrons. The van der Waals surface area contributed by atoms with Crippen LogP contribution >= 0.6 is 0 Å². The van der Waals surface area contributed by atoms with Crippen molar-refractivity contribution in [3.63, 3.8) is 0 Å². The van der Waals surface area contributed by atoms with Gasteiger partial charge in [-0.2, -0.15) is 0 Å². The van der Waals surface area contributed by atoms with Crippen molar-refractivity contribution in [2.24, 2.45) is 0 Å². The number of hydrogen-bond acceptors (Lipinski definition) is 4. The van der Waals surface area contributed by atoms with Gasteiger partial charge >= 0.3 is 0 Å². The summed E-state index contributed by atoms with van der Waals surface area (Å²) in [7, 11) is 1.66. The van der Waals surface area contributed by atoms with Crippen LogP contribution in [0.1, 0.15) is 25.5 Å². The highest BCUT2D eigenvalue weighted by molar-refractivity contribution is 5.84. The molecular formula is C16H22N2O2. The van der Waals surface area contributed by atoms with Crippen LogP contribution in [0.2, 0.25) is 0 Å². The molecule has 0 radical (unpaired) electrons. The first kappa shape index (κ1) is 14.8. The molecule has 20 heavy (non-hydrogen) atoms. The van der Waals surface area contributed by atoms with Crippen LogP contribution in [-0.2, 0) is 6.54 Å². The number of aliphatic hydroxyl groups is 1. The summed E-state index contributed by atoms with van der Waals surface area (Å²) in [5, 5.41) is 13.9. The minimum absolute atomic E-state index is 0.216. The zero-order chi connectivity index (χ0) is 14.4. The fraction of sp³-hybridized carbons (Fsp3) is 0.438. The van der Waals surface area contributed by atoms with Crippen molar-refractivity contribution in [1.29, 1.82) is 0 Å². The number of methoxy groups -OCH3 is 1. The Hall–Kier alpha value is -1.65. The van der Waals surface area contributed by atoms with Crippen molar-refractivity contribution in [2.45, 2.75) is 32.4 Å². The summed E-state index contributed by atoms with van der Waals surface area (Å²) in [6.45, 7) is 3.48. The topological polar surface area (TPSA) is 54.4 Å². The van der Waals surface area contributed by atoms with Crippen LogP contribution in [0.15, 0.2) is 30.3 Å². The molecule has 2 aromatic rings. The minimum Gasteiger partial charge on any atom is -0.494 e. The number of pyridine rings is 1. The maximum atomic E-state index is 9.49. The van der Waals surface area contributed by atoms with Crippen LogP contribution in [-0.4, -0.2) is 29.8 Å². The van der Waals surface area contributed by atoms with Gasteiger partial charge < -0.3 is 15.2 Å². The van der Waals surface area contributed by atoms with Gasteiger partial charge in [0, 0.05) is 11.9 Å². The first-order chi connectivity index (χ1) is 9.74. The number of fused-ring (bicyclic) bond motifs is 1. The lowest BCUT2D eigenvalue weighted by Gasteiger charge is -2.10. The van der Waals surface area contributed by atoms with Crippen LogP contribution < -0.4 is 10.1 Å². The van der Waals surface area contributed by atoms with Crippen LogP contribution in [0, 0.1) is 0 Å². The van der Waals surface area contributed by atoms with Crippen molar-refractivity contribution in [2.75, 3.05) is 13.7 Å². The van der Waals surface area contributed by atoms with Gasteiger partial charge in [-0.05, 0) is 31.5 Å². The molecule has 0 saturated carbocycles. The van der Waals surface area contributed by atoms with E-state index in [0.29, 0.717) is 6.54 Å². The summed E-state index contributed by atoms with van der Waals surface area (Å²) < 4.78 is 5.34. The number of ether oxygens (including phenoxy) is 1. The molecule has 4 nitrogen and oxygen atoms in total. The normalized spacial score (nSPS) is 12.6. The molecule has 0 bridgehead atoms. The first-order valence-electron chi connectivity index (χ1n) is 7.06. The molecule has 0 aliphatic heterocycles. The second kappa shape index (κ2) is 7.22. The summed E-state index contributed by atoms with van der Waals surface area (Å²) >= 11 is 0. The molecule has 1 heterocycles. The van der Waals surface area contributed by atoms with Gasteiger partial charge in [-0.3, -0.25) is 0 Å². The Bertz CT molecular complexity index is 557. The number of rotatable bonds is 7.